The first kappa shape index (κ1) is 18.3. The van der Waals surface area contributed by atoms with Crippen molar-refractivity contribution >= 4 is 23.2 Å². The number of hydrogen-bond acceptors (Lipinski definition) is 4. The van der Waals surface area contributed by atoms with Crippen molar-refractivity contribution in [3.05, 3.63) is 53.2 Å². The minimum Gasteiger partial charge on any atom is -0.476 e. The number of hydrogen-bond donors (Lipinski definition) is 1. The summed E-state index contributed by atoms with van der Waals surface area (Å²) >= 11 is 6.33. The zero-order valence-corrected chi connectivity index (χ0v) is 16.0. The van der Waals surface area contributed by atoms with Gasteiger partial charge in [0.1, 0.15) is 5.69 Å². The normalized spacial score (nSPS) is 23.5. The number of fused-ring (bicyclic) bond motifs is 2. The van der Waals surface area contributed by atoms with E-state index in [1.54, 1.807) is 6.20 Å². The van der Waals surface area contributed by atoms with Crippen molar-refractivity contribution in [2.75, 3.05) is 25.0 Å². The van der Waals surface area contributed by atoms with Gasteiger partial charge in [-0.2, -0.15) is 0 Å². The zero-order valence-electron chi connectivity index (χ0n) is 15.2. The van der Waals surface area contributed by atoms with Gasteiger partial charge in [0, 0.05) is 30.7 Å². The van der Waals surface area contributed by atoms with Crippen molar-refractivity contribution in [3.63, 3.8) is 0 Å². The van der Waals surface area contributed by atoms with Gasteiger partial charge in [0.25, 0.3) is 0 Å². The lowest BCUT2D eigenvalue weighted by Crippen LogP contribution is -2.42. The summed E-state index contributed by atoms with van der Waals surface area (Å²) < 4.78 is 5.87. The molecule has 5 nitrogen and oxygen atoms in total. The predicted molar refractivity (Wildman–Crippen MR) is 106 cm³/mol. The molecule has 0 radical (unpaired) electrons. The number of carbonyl (C=O) groups excluding carboxylic acids is 1. The van der Waals surface area contributed by atoms with Crippen LogP contribution in [0.25, 0.3) is 0 Å². The molecule has 2 aliphatic heterocycles. The summed E-state index contributed by atoms with van der Waals surface area (Å²) in [4.78, 5) is 19.2. The van der Waals surface area contributed by atoms with Gasteiger partial charge in [-0.15, -0.1) is 0 Å². The van der Waals surface area contributed by atoms with Crippen LogP contribution in [0.15, 0.2) is 42.6 Å². The van der Waals surface area contributed by atoms with E-state index in [4.69, 9.17) is 16.3 Å². The molecule has 0 spiro atoms. The number of aromatic nitrogens is 1. The Morgan fingerprint density at radius 2 is 2.07 bits per heavy atom. The van der Waals surface area contributed by atoms with Crippen LogP contribution in [0.4, 0.5) is 5.69 Å². The molecule has 3 heterocycles. The number of nitrogens with one attached hydrogen (secondary N) is 1. The highest BCUT2D eigenvalue weighted by Gasteiger charge is 2.31. The lowest BCUT2D eigenvalue weighted by molar-refractivity contribution is -0.118. The maximum atomic E-state index is 12.5. The molecule has 2 atom stereocenters. The second-order valence-corrected chi connectivity index (χ2v) is 7.79. The number of halogens is 1. The molecule has 1 aromatic heterocycles. The average Bonchev–Trinajstić information content (AvgIpc) is 2.67. The van der Waals surface area contributed by atoms with E-state index >= 15 is 0 Å². The van der Waals surface area contributed by atoms with E-state index in [0.717, 1.165) is 43.1 Å². The third kappa shape index (κ3) is 4.42. The Kier molecular flexibility index (Phi) is 5.60. The van der Waals surface area contributed by atoms with Crippen LogP contribution in [0.2, 0.25) is 5.02 Å². The molecule has 2 aliphatic rings. The van der Waals surface area contributed by atoms with Crippen LogP contribution in [0.1, 0.15) is 24.8 Å². The number of ether oxygens (including phenoxy) is 1. The fourth-order valence-electron chi connectivity index (χ4n) is 4.11. The number of amides is 1. The molecule has 0 unspecified atom stereocenters. The monoisotopic (exact) mass is 385 g/mol. The summed E-state index contributed by atoms with van der Waals surface area (Å²) in [6.45, 7) is 3.40. The molecular weight excluding hydrogens is 362 g/mol. The van der Waals surface area contributed by atoms with Crippen LogP contribution in [0, 0.1) is 11.8 Å². The molecule has 4 rings (SSSR count). The van der Waals surface area contributed by atoms with E-state index in [1.807, 2.05) is 30.3 Å². The highest BCUT2D eigenvalue weighted by Crippen LogP contribution is 2.33. The van der Waals surface area contributed by atoms with Gasteiger partial charge in [0.2, 0.25) is 11.8 Å². The Bertz CT molecular complexity index is 814. The average molecular weight is 386 g/mol. The Morgan fingerprint density at radius 3 is 2.96 bits per heavy atom. The molecule has 142 valence electrons. The topological polar surface area (TPSA) is 54.5 Å². The van der Waals surface area contributed by atoms with Gasteiger partial charge < -0.3 is 10.1 Å². The van der Waals surface area contributed by atoms with Crippen molar-refractivity contribution < 1.29 is 9.53 Å². The summed E-state index contributed by atoms with van der Waals surface area (Å²) in [6, 6.07) is 11.7. The molecule has 1 saturated heterocycles. The molecule has 0 aliphatic carbocycles. The Hall–Kier alpha value is -2.11. The van der Waals surface area contributed by atoms with E-state index < -0.39 is 0 Å². The van der Waals surface area contributed by atoms with Gasteiger partial charge in [0.15, 0.2) is 0 Å². The molecule has 2 aromatic rings. The predicted octanol–water partition coefficient (Wildman–Crippen LogP) is 3.98. The summed E-state index contributed by atoms with van der Waals surface area (Å²) in [5, 5.41) is 3.78. The molecule has 1 fully saturated rings. The lowest BCUT2D eigenvalue weighted by Gasteiger charge is -2.39. The van der Waals surface area contributed by atoms with Crippen molar-refractivity contribution in [1.29, 1.82) is 0 Å². The van der Waals surface area contributed by atoms with Crippen LogP contribution in [0.3, 0.4) is 0 Å². The highest BCUT2D eigenvalue weighted by molar-refractivity contribution is 6.31. The SMILES string of the molecule is O=C1C[C@@H]2CCN(Cc3ccccc3Cl)C[C@@H]2CCOc2ncccc2N1. The Balaban J connectivity index is 1.45. The van der Waals surface area contributed by atoms with Gasteiger partial charge in [-0.3, -0.25) is 9.69 Å². The van der Waals surface area contributed by atoms with Crippen molar-refractivity contribution in [2.24, 2.45) is 11.8 Å². The molecule has 6 heteroatoms. The largest absolute Gasteiger partial charge is 0.476 e. The second kappa shape index (κ2) is 8.28. The van der Waals surface area contributed by atoms with Crippen LogP contribution >= 0.6 is 11.6 Å². The van der Waals surface area contributed by atoms with Crippen LogP contribution < -0.4 is 10.1 Å². The maximum Gasteiger partial charge on any atom is 0.237 e. The molecule has 1 amide bonds. The Labute approximate surface area is 164 Å². The number of piperidine rings is 1. The van der Waals surface area contributed by atoms with Crippen LogP contribution in [0.5, 0.6) is 5.88 Å². The maximum absolute atomic E-state index is 12.5. The van der Waals surface area contributed by atoms with Crippen LogP contribution in [-0.2, 0) is 11.3 Å². The first-order valence-electron chi connectivity index (χ1n) is 9.52. The highest BCUT2D eigenvalue weighted by atomic mass is 35.5. The number of pyridine rings is 1. The first-order valence-corrected chi connectivity index (χ1v) is 9.90. The van der Waals surface area contributed by atoms with E-state index in [0.29, 0.717) is 36.4 Å². The number of likely N-dealkylation sites (tertiary alicyclic amines) is 1. The Morgan fingerprint density at radius 1 is 1.19 bits per heavy atom. The minimum atomic E-state index is 0.0457. The standard InChI is InChI=1S/C21H24ClN3O2/c22-18-5-2-1-4-17(18)14-25-10-7-15-12-20(26)24-19-6-3-9-23-21(19)27-11-8-16(15)13-25/h1-6,9,15-16H,7-8,10-14H2,(H,24,26)/t15-,16-/m0/s1. The quantitative estimate of drug-likeness (QED) is 0.849. The molecule has 1 N–H and O–H groups in total. The van der Waals surface area contributed by atoms with Gasteiger partial charge in [-0.1, -0.05) is 29.8 Å². The molecule has 27 heavy (non-hydrogen) atoms. The number of benzene rings is 1. The molecule has 1 aromatic carbocycles. The van der Waals surface area contributed by atoms with E-state index in [1.165, 1.54) is 0 Å². The van der Waals surface area contributed by atoms with E-state index in [2.05, 4.69) is 21.3 Å². The second-order valence-electron chi connectivity index (χ2n) is 7.38. The number of carbonyl (C=O) groups is 1. The van der Waals surface area contributed by atoms with E-state index in [-0.39, 0.29) is 5.91 Å². The van der Waals surface area contributed by atoms with Gasteiger partial charge >= 0.3 is 0 Å². The number of nitrogens with zero attached hydrogens (tertiary/aromatic N) is 2. The summed E-state index contributed by atoms with van der Waals surface area (Å²) in [6.07, 6.45) is 4.18. The summed E-state index contributed by atoms with van der Waals surface area (Å²) in [7, 11) is 0. The molecule has 0 bridgehead atoms. The lowest BCUT2D eigenvalue weighted by atomic mass is 9.81. The zero-order chi connectivity index (χ0) is 18.6. The van der Waals surface area contributed by atoms with Crippen molar-refractivity contribution in [1.82, 2.24) is 9.88 Å². The van der Waals surface area contributed by atoms with Gasteiger partial charge in [-0.05, 0) is 55.0 Å². The third-order valence-corrected chi connectivity index (χ3v) is 5.92. The number of rotatable bonds is 2. The smallest absolute Gasteiger partial charge is 0.237 e. The van der Waals surface area contributed by atoms with Crippen LogP contribution in [-0.4, -0.2) is 35.5 Å². The van der Waals surface area contributed by atoms with Gasteiger partial charge in [-0.25, -0.2) is 4.98 Å². The summed E-state index contributed by atoms with van der Waals surface area (Å²) in [5.74, 6) is 1.36. The fraction of sp³-hybridized carbons (Fsp3) is 0.429. The summed E-state index contributed by atoms with van der Waals surface area (Å²) in [5.41, 5.74) is 1.82. The first-order chi connectivity index (χ1) is 13.2. The third-order valence-electron chi connectivity index (χ3n) is 5.55. The molecule has 0 saturated carbocycles. The van der Waals surface area contributed by atoms with Gasteiger partial charge in [0.05, 0.1) is 6.61 Å². The fourth-order valence-corrected chi connectivity index (χ4v) is 4.31. The minimum absolute atomic E-state index is 0.0457. The van der Waals surface area contributed by atoms with Crippen molar-refractivity contribution in [2.45, 2.75) is 25.8 Å². The molecular formula is C21H24ClN3O2. The number of anilines is 1. The van der Waals surface area contributed by atoms with E-state index in [9.17, 15) is 4.79 Å². The van der Waals surface area contributed by atoms with Crippen molar-refractivity contribution in [3.8, 4) is 5.88 Å².